The van der Waals surface area contributed by atoms with Gasteiger partial charge in [-0.25, -0.2) is 4.98 Å². The monoisotopic (exact) mass is 472 g/mol. The van der Waals surface area contributed by atoms with Crippen molar-refractivity contribution in [2.45, 2.75) is 82.8 Å². The van der Waals surface area contributed by atoms with Crippen LogP contribution in [0.15, 0.2) is 54.6 Å². The minimum Gasteiger partial charge on any atom is -0.351 e. The number of fused-ring (bicyclic) bond motifs is 3. The normalized spacial score (nSPS) is 22.3. The van der Waals surface area contributed by atoms with Gasteiger partial charge in [-0.05, 0) is 43.4 Å². The van der Waals surface area contributed by atoms with Crippen LogP contribution in [-0.2, 0) is 11.3 Å². The van der Waals surface area contributed by atoms with Gasteiger partial charge in [0, 0.05) is 12.6 Å². The Balaban J connectivity index is 1.49. The molecular formula is C29H36N4O2. The molecule has 1 aliphatic carbocycles. The average molecular weight is 473 g/mol. The van der Waals surface area contributed by atoms with E-state index in [1.165, 1.54) is 19.3 Å². The van der Waals surface area contributed by atoms with E-state index in [2.05, 4.69) is 29.4 Å². The summed E-state index contributed by atoms with van der Waals surface area (Å²) < 4.78 is 1.94. The Morgan fingerprint density at radius 1 is 1.03 bits per heavy atom. The molecule has 35 heavy (non-hydrogen) atoms. The van der Waals surface area contributed by atoms with Crippen LogP contribution in [0.2, 0.25) is 0 Å². The molecule has 2 aromatic carbocycles. The van der Waals surface area contributed by atoms with Gasteiger partial charge in [-0.15, -0.1) is 0 Å². The number of nitrogens with zero attached hydrogens (tertiary/aromatic N) is 3. The van der Waals surface area contributed by atoms with E-state index < -0.39 is 5.54 Å². The van der Waals surface area contributed by atoms with Crippen molar-refractivity contribution < 1.29 is 9.59 Å². The summed E-state index contributed by atoms with van der Waals surface area (Å²) in [7, 11) is 0. The van der Waals surface area contributed by atoms with Crippen LogP contribution in [0.4, 0.5) is 0 Å². The third-order valence-corrected chi connectivity index (χ3v) is 7.91. The molecular weight excluding hydrogens is 436 g/mol. The maximum absolute atomic E-state index is 14.0. The molecule has 1 fully saturated rings. The molecule has 1 N–H and O–H groups in total. The van der Waals surface area contributed by atoms with Crippen LogP contribution in [0.3, 0.4) is 0 Å². The van der Waals surface area contributed by atoms with Gasteiger partial charge < -0.3 is 14.8 Å². The van der Waals surface area contributed by atoms with E-state index in [1.54, 1.807) is 4.90 Å². The largest absolute Gasteiger partial charge is 0.351 e. The maximum Gasteiger partial charge on any atom is 0.290 e. The lowest BCUT2D eigenvalue weighted by Gasteiger charge is -2.45. The molecule has 2 amide bonds. The number of para-hydroxylation sites is 2. The summed E-state index contributed by atoms with van der Waals surface area (Å²) in [4.78, 5) is 34.4. The number of carbonyl (C=O) groups excluding carboxylic acids is 2. The topological polar surface area (TPSA) is 67.2 Å². The second kappa shape index (κ2) is 9.84. The smallest absolute Gasteiger partial charge is 0.290 e. The highest BCUT2D eigenvalue weighted by atomic mass is 16.2. The summed E-state index contributed by atoms with van der Waals surface area (Å²) in [6.45, 7) is 4.90. The number of benzene rings is 2. The SMILES string of the molecule is C[C@H](CN1C(=O)c2nc3ccccc3n2C[C@]1(C)C(=O)NC1CCCCCCC1)c1ccccc1. The van der Waals surface area contributed by atoms with Gasteiger partial charge >= 0.3 is 0 Å². The number of aromatic nitrogens is 2. The Hall–Kier alpha value is -3.15. The fourth-order valence-corrected chi connectivity index (χ4v) is 5.72. The van der Waals surface area contributed by atoms with Crippen LogP contribution in [-0.4, -0.2) is 44.4 Å². The summed E-state index contributed by atoms with van der Waals surface area (Å²) in [6.07, 6.45) is 8.05. The van der Waals surface area contributed by atoms with Crippen molar-refractivity contribution in [3.63, 3.8) is 0 Å². The molecule has 0 bridgehead atoms. The number of nitrogens with one attached hydrogen (secondary N) is 1. The maximum atomic E-state index is 14.0. The lowest BCUT2D eigenvalue weighted by molar-refractivity contribution is -0.133. The van der Waals surface area contributed by atoms with E-state index in [4.69, 9.17) is 0 Å². The van der Waals surface area contributed by atoms with Crippen LogP contribution < -0.4 is 5.32 Å². The average Bonchev–Trinajstić information content (AvgIpc) is 3.22. The van der Waals surface area contributed by atoms with Crippen molar-refractivity contribution in [2.24, 2.45) is 0 Å². The predicted molar refractivity (Wildman–Crippen MR) is 138 cm³/mol. The van der Waals surface area contributed by atoms with Crippen molar-refractivity contribution in [3.05, 3.63) is 66.0 Å². The number of hydrogen-bond donors (Lipinski definition) is 1. The lowest BCUT2D eigenvalue weighted by Crippen LogP contribution is -2.65. The highest BCUT2D eigenvalue weighted by molar-refractivity contribution is 6.01. The van der Waals surface area contributed by atoms with Crippen molar-refractivity contribution in [3.8, 4) is 0 Å². The molecule has 5 rings (SSSR count). The summed E-state index contributed by atoms with van der Waals surface area (Å²) in [6, 6.07) is 18.2. The first-order chi connectivity index (χ1) is 17.0. The first kappa shape index (κ1) is 23.6. The van der Waals surface area contributed by atoms with Gasteiger partial charge in [0.25, 0.3) is 5.91 Å². The summed E-state index contributed by atoms with van der Waals surface area (Å²) in [5, 5.41) is 3.36. The Kier molecular flexibility index (Phi) is 6.63. The van der Waals surface area contributed by atoms with Crippen LogP contribution in [0.1, 0.15) is 80.9 Å². The molecule has 184 valence electrons. The third kappa shape index (κ3) is 4.58. The van der Waals surface area contributed by atoms with Crippen molar-refractivity contribution in [1.82, 2.24) is 19.8 Å². The number of amides is 2. The van der Waals surface area contributed by atoms with Crippen LogP contribution in [0.5, 0.6) is 0 Å². The Labute approximate surface area is 207 Å². The molecule has 0 spiro atoms. The van der Waals surface area contributed by atoms with Gasteiger partial charge in [-0.3, -0.25) is 9.59 Å². The fraction of sp³-hybridized carbons (Fsp3) is 0.483. The Morgan fingerprint density at radius 2 is 1.69 bits per heavy atom. The van der Waals surface area contributed by atoms with Crippen molar-refractivity contribution >= 4 is 22.8 Å². The number of rotatable bonds is 5. The third-order valence-electron chi connectivity index (χ3n) is 7.91. The lowest BCUT2D eigenvalue weighted by atomic mass is 9.90. The van der Waals surface area contributed by atoms with Gasteiger partial charge in [0.15, 0.2) is 5.82 Å². The number of imidazole rings is 1. The highest BCUT2D eigenvalue weighted by Gasteiger charge is 2.49. The molecule has 0 saturated heterocycles. The molecule has 1 saturated carbocycles. The first-order valence-electron chi connectivity index (χ1n) is 13.1. The molecule has 2 aliphatic rings. The molecule has 3 aromatic rings. The molecule has 2 heterocycles. The molecule has 0 radical (unpaired) electrons. The zero-order valence-corrected chi connectivity index (χ0v) is 20.9. The molecule has 1 aliphatic heterocycles. The standard InChI is InChI=1S/C29H36N4O2/c1-21(22-13-7-6-8-14-22)19-33-27(34)26-31-24-17-11-12-18-25(24)32(26)20-29(33,2)28(35)30-23-15-9-4-3-5-10-16-23/h6-8,11-14,17-18,21,23H,3-5,9-10,15-16,19-20H2,1-2H3,(H,30,35)/t21-,29-/m1/s1. The second-order valence-corrected chi connectivity index (χ2v) is 10.5. The molecule has 1 aromatic heterocycles. The molecule has 6 nitrogen and oxygen atoms in total. The van der Waals surface area contributed by atoms with Gasteiger partial charge in [0.05, 0.1) is 17.6 Å². The van der Waals surface area contributed by atoms with Gasteiger partial charge in [-0.2, -0.15) is 0 Å². The van der Waals surface area contributed by atoms with E-state index in [9.17, 15) is 9.59 Å². The summed E-state index contributed by atoms with van der Waals surface area (Å²) in [5.41, 5.74) is 1.84. The predicted octanol–water partition coefficient (Wildman–Crippen LogP) is 5.28. The fourth-order valence-electron chi connectivity index (χ4n) is 5.72. The summed E-state index contributed by atoms with van der Waals surface area (Å²) >= 11 is 0. The van der Waals surface area contributed by atoms with E-state index in [0.717, 1.165) is 42.3 Å². The van der Waals surface area contributed by atoms with E-state index in [-0.39, 0.29) is 23.8 Å². The zero-order valence-electron chi connectivity index (χ0n) is 20.9. The van der Waals surface area contributed by atoms with Crippen LogP contribution >= 0.6 is 0 Å². The highest BCUT2D eigenvalue weighted by Crippen LogP contribution is 2.33. The Morgan fingerprint density at radius 3 is 2.43 bits per heavy atom. The number of hydrogen-bond acceptors (Lipinski definition) is 3. The van der Waals surface area contributed by atoms with Gasteiger partial charge in [-0.1, -0.05) is 81.5 Å². The zero-order chi connectivity index (χ0) is 24.4. The summed E-state index contributed by atoms with van der Waals surface area (Å²) in [5.74, 6) is 0.276. The van der Waals surface area contributed by atoms with Crippen molar-refractivity contribution in [2.75, 3.05) is 6.54 Å². The van der Waals surface area contributed by atoms with E-state index in [1.807, 2.05) is 54.0 Å². The van der Waals surface area contributed by atoms with Crippen LogP contribution in [0, 0.1) is 0 Å². The van der Waals surface area contributed by atoms with E-state index >= 15 is 0 Å². The van der Waals surface area contributed by atoms with Crippen molar-refractivity contribution in [1.29, 1.82) is 0 Å². The van der Waals surface area contributed by atoms with Crippen LogP contribution in [0.25, 0.3) is 11.0 Å². The number of carbonyl (C=O) groups is 2. The quantitative estimate of drug-likeness (QED) is 0.549. The molecule has 0 unspecified atom stereocenters. The van der Waals surface area contributed by atoms with Gasteiger partial charge in [0.2, 0.25) is 5.91 Å². The first-order valence-corrected chi connectivity index (χ1v) is 13.1. The Bertz CT molecular complexity index is 1200. The van der Waals surface area contributed by atoms with E-state index in [0.29, 0.717) is 18.9 Å². The minimum absolute atomic E-state index is 0.0554. The molecule has 2 atom stereocenters. The second-order valence-electron chi connectivity index (χ2n) is 10.5. The molecule has 6 heteroatoms. The minimum atomic E-state index is -1.00. The van der Waals surface area contributed by atoms with Gasteiger partial charge in [0.1, 0.15) is 5.54 Å².